The highest BCUT2D eigenvalue weighted by Gasteiger charge is 2.32. The number of amides is 2. The first-order valence-electron chi connectivity index (χ1n) is 11.0. The van der Waals surface area contributed by atoms with Crippen LogP contribution in [0.15, 0.2) is 48.7 Å². The lowest BCUT2D eigenvalue weighted by atomic mass is 10.1. The first-order valence-corrected chi connectivity index (χ1v) is 13.3. The van der Waals surface area contributed by atoms with Crippen molar-refractivity contribution in [1.82, 2.24) is 14.9 Å². The van der Waals surface area contributed by atoms with Gasteiger partial charge in [0.05, 0.1) is 23.1 Å². The average molecular weight is 512 g/mol. The van der Waals surface area contributed by atoms with E-state index in [1.54, 1.807) is 47.5 Å². The Balaban J connectivity index is 1.34. The fourth-order valence-corrected chi connectivity index (χ4v) is 5.45. The van der Waals surface area contributed by atoms with Gasteiger partial charge in [0.1, 0.15) is 0 Å². The third-order valence-electron chi connectivity index (χ3n) is 6.15. The van der Waals surface area contributed by atoms with Gasteiger partial charge in [-0.2, -0.15) is 0 Å². The van der Waals surface area contributed by atoms with E-state index < -0.39 is 15.1 Å². The molecule has 0 radical (unpaired) electrons. The Bertz CT molecular complexity index is 1440. The van der Waals surface area contributed by atoms with Gasteiger partial charge in [-0.05, 0) is 48.9 Å². The second-order valence-electron chi connectivity index (χ2n) is 8.68. The van der Waals surface area contributed by atoms with Gasteiger partial charge in [0, 0.05) is 52.9 Å². The molecule has 1 atom stereocenters. The number of aromatic nitrogens is 2. The van der Waals surface area contributed by atoms with Gasteiger partial charge < -0.3 is 15.5 Å². The molecule has 1 fully saturated rings. The van der Waals surface area contributed by atoms with Crippen molar-refractivity contribution in [2.45, 2.75) is 18.1 Å². The summed E-state index contributed by atoms with van der Waals surface area (Å²) in [7, 11) is -3.17. The van der Waals surface area contributed by atoms with Gasteiger partial charge in [-0.15, -0.1) is 0 Å². The summed E-state index contributed by atoms with van der Waals surface area (Å²) in [6.07, 6.45) is 3.43. The minimum absolute atomic E-state index is 0.148. The maximum Gasteiger partial charge on any atom is 0.253 e. The molecular formula is C24H22ClN5O4S. The van der Waals surface area contributed by atoms with E-state index in [0.717, 1.165) is 5.56 Å². The molecule has 11 heteroatoms. The minimum atomic E-state index is -3.17. The summed E-state index contributed by atoms with van der Waals surface area (Å²) in [5.74, 6) is -0.0253. The molecule has 2 amide bonds. The Morgan fingerprint density at radius 2 is 1.97 bits per heavy atom. The maximum absolute atomic E-state index is 12.8. The number of sulfone groups is 1. The highest BCUT2D eigenvalue weighted by molar-refractivity contribution is 7.91. The van der Waals surface area contributed by atoms with E-state index >= 15 is 0 Å². The molecular weight excluding hydrogens is 490 g/mol. The molecule has 3 aromatic rings. The molecule has 2 aromatic carbocycles. The molecule has 1 aromatic heterocycles. The first-order chi connectivity index (χ1) is 16.7. The Labute approximate surface area is 207 Å². The van der Waals surface area contributed by atoms with Crippen molar-refractivity contribution in [1.29, 1.82) is 0 Å². The minimum Gasteiger partial charge on any atom is -0.337 e. The van der Waals surface area contributed by atoms with Gasteiger partial charge >= 0.3 is 0 Å². The SMILES string of the molecule is CS(=O)(=O)C1CCN(C(=O)c2ccc(Nc3ncc4c(n3)-c3ccc(Cl)cc3NC(=O)C4)cc2)C1. The number of hydrogen-bond acceptors (Lipinski definition) is 7. The van der Waals surface area contributed by atoms with E-state index in [0.29, 0.717) is 52.1 Å². The van der Waals surface area contributed by atoms with Crippen LogP contribution in [0.2, 0.25) is 5.02 Å². The molecule has 0 bridgehead atoms. The van der Waals surface area contributed by atoms with Crippen LogP contribution in [0.3, 0.4) is 0 Å². The monoisotopic (exact) mass is 511 g/mol. The van der Waals surface area contributed by atoms with Crippen LogP contribution in [0.5, 0.6) is 0 Å². The Kier molecular flexibility index (Phi) is 5.94. The standard InChI is InChI=1S/C24H22ClN5O4S/c1-35(33,34)18-8-9-30(13-18)23(32)14-2-5-17(6-3-14)27-24-26-12-15-10-21(31)28-20-11-16(25)4-7-19(20)22(15)29-24/h2-7,11-12,18H,8-10,13H2,1H3,(H,28,31)(H,26,27,29). The highest BCUT2D eigenvalue weighted by atomic mass is 35.5. The van der Waals surface area contributed by atoms with Crippen molar-refractivity contribution >= 4 is 50.6 Å². The molecule has 1 saturated heterocycles. The number of fused-ring (bicyclic) bond motifs is 3. The number of likely N-dealkylation sites (tertiary alicyclic amines) is 1. The zero-order valence-electron chi connectivity index (χ0n) is 18.8. The van der Waals surface area contributed by atoms with Crippen molar-refractivity contribution in [3.63, 3.8) is 0 Å². The summed E-state index contributed by atoms with van der Waals surface area (Å²) < 4.78 is 23.6. The normalized spacial score (nSPS) is 17.3. The molecule has 2 aliphatic heterocycles. The van der Waals surface area contributed by atoms with E-state index in [9.17, 15) is 18.0 Å². The maximum atomic E-state index is 12.8. The number of rotatable bonds is 4. The quantitative estimate of drug-likeness (QED) is 0.551. The van der Waals surface area contributed by atoms with Crippen molar-refractivity contribution in [2.75, 3.05) is 30.0 Å². The smallest absolute Gasteiger partial charge is 0.253 e. The van der Waals surface area contributed by atoms with Crippen LogP contribution in [0.4, 0.5) is 17.3 Å². The lowest BCUT2D eigenvalue weighted by Gasteiger charge is -2.16. The molecule has 0 saturated carbocycles. The Hall–Kier alpha value is -3.50. The zero-order chi connectivity index (χ0) is 24.7. The second kappa shape index (κ2) is 8.94. The van der Waals surface area contributed by atoms with E-state index in [2.05, 4.69) is 20.6 Å². The van der Waals surface area contributed by atoms with Crippen LogP contribution in [0, 0.1) is 0 Å². The van der Waals surface area contributed by atoms with Crippen molar-refractivity contribution in [2.24, 2.45) is 0 Å². The van der Waals surface area contributed by atoms with Crippen LogP contribution >= 0.6 is 11.6 Å². The Morgan fingerprint density at radius 1 is 1.20 bits per heavy atom. The third-order valence-corrected chi connectivity index (χ3v) is 7.98. The van der Waals surface area contributed by atoms with Crippen LogP contribution in [-0.4, -0.2) is 59.7 Å². The number of nitrogens with one attached hydrogen (secondary N) is 2. The topological polar surface area (TPSA) is 121 Å². The number of benzene rings is 2. The molecule has 3 heterocycles. The number of anilines is 3. The molecule has 0 spiro atoms. The lowest BCUT2D eigenvalue weighted by Crippen LogP contribution is -2.31. The number of nitrogens with zero attached hydrogens (tertiary/aromatic N) is 3. The van der Waals surface area contributed by atoms with E-state index in [-0.39, 0.29) is 24.8 Å². The first kappa shape index (κ1) is 23.3. The van der Waals surface area contributed by atoms with Gasteiger partial charge in [-0.25, -0.2) is 18.4 Å². The molecule has 1 unspecified atom stereocenters. The molecule has 2 N–H and O–H groups in total. The fourth-order valence-electron chi connectivity index (χ4n) is 4.29. The summed E-state index contributed by atoms with van der Waals surface area (Å²) in [6.45, 7) is 0.633. The van der Waals surface area contributed by atoms with Gasteiger partial charge in [0.2, 0.25) is 11.9 Å². The van der Waals surface area contributed by atoms with E-state index in [1.165, 1.54) is 6.26 Å². The predicted molar refractivity (Wildman–Crippen MR) is 134 cm³/mol. The van der Waals surface area contributed by atoms with Crippen LogP contribution < -0.4 is 10.6 Å². The fraction of sp³-hybridized carbons (Fsp3) is 0.250. The number of carbonyl (C=O) groups excluding carboxylic acids is 2. The lowest BCUT2D eigenvalue weighted by molar-refractivity contribution is -0.115. The third kappa shape index (κ3) is 4.85. The molecule has 180 valence electrons. The molecule has 5 rings (SSSR count). The van der Waals surface area contributed by atoms with E-state index in [1.807, 2.05) is 6.07 Å². The summed E-state index contributed by atoms with van der Waals surface area (Å²) in [4.78, 5) is 35.6. The zero-order valence-corrected chi connectivity index (χ0v) is 20.4. The molecule has 35 heavy (non-hydrogen) atoms. The van der Waals surface area contributed by atoms with Gasteiger partial charge in [0.15, 0.2) is 9.84 Å². The average Bonchev–Trinajstić information content (AvgIpc) is 3.27. The van der Waals surface area contributed by atoms with Gasteiger partial charge in [-0.1, -0.05) is 11.6 Å². The van der Waals surface area contributed by atoms with Gasteiger partial charge in [-0.3, -0.25) is 9.59 Å². The van der Waals surface area contributed by atoms with Gasteiger partial charge in [0.25, 0.3) is 5.91 Å². The van der Waals surface area contributed by atoms with E-state index in [4.69, 9.17) is 11.6 Å². The second-order valence-corrected chi connectivity index (χ2v) is 11.4. The van der Waals surface area contributed by atoms with Crippen molar-refractivity contribution in [3.05, 3.63) is 64.8 Å². The van der Waals surface area contributed by atoms with Crippen LogP contribution in [0.25, 0.3) is 11.3 Å². The number of hydrogen-bond donors (Lipinski definition) is 2. The Morgan fingerprint density at radius 3 is 2.69 bits per heavy atom. The predicted octanol–water partition coefficient (Wildman–Crippen LogP) is 3.29. The van der Waals surface area contributed by atoms with Crippen LogP contribution in [-0.2, 0) is 21.1 Å². The molecule has 9 nitrogen and oxygen atoms in total. The summed E-state index contributed by atoms with van der Waals surface area (Å²) in [5.41, 5.74) is 3.83. The number of carbonyl (C=O) groups is 2. The summed E-state index contributed by atoms with van der Waals surface area (Å²) >= 11 is 6.10. The summed E-state index contributed by atoms with van der Waals surface area (Å²) in [6, 6.07) is 12.1. The van der Waals surface area contributed by atoms with Crippen molar-refractivity contribution in [3.8, 4) is 11.3 Å². The highest BCUT2D eigenvalue weighted by Crippen LogP contribution is 2.35. The largest absolute Gasteiger partial charge is 0.337 e. The molecule has 2 aliphatic rings. The van der Waals surface area contributed by atoms with Crippen molar-refractivity contribution < 1.29 is 18.0 Å². The molecule has 0 aliphatic carbocycles. The number of halogens is 1. The summed E-state index contributed by atoms with van der Waals surface area (Å²) in [5, 5.41) is 5.98. The van der Waals surface area contributed by atoms with Crippen LogP contribution in [0.1, 0.15) is 22.3 Å².